The number of anilines is 2. The molecule has 0 N–H and O–H groups in total. The third-order valence-electron chi connectivity index (χ3n) is 9.82. The molecule has 7 rings (SSSR count). The number of hydrogen-bond donors (Lipinski definition) is 1. The highest BCUT2D eigenvalue weighted by atomic mass is 35.5. The molecular formula is C48H56ClN3O9S4. The molecule has 0 atom stereocenters. The highest BCUT2D eigenvalue weighted by molar-refractivity contribution is 7.81. The van der Waals surface area contributed by atoms with Crippen molar-refractivity contribution in [3.05, 3.63) is 122 Å². The Kier molecular flexibility index (Phi) is 22.8. The number of thiophene rings is 3. The van der Waals surface area contributed by atoms with E-state index in [2.05, 4.69) is 43.0 Å². The van der Waals surface area contributed by atoms with Crippen molar-refractivity contribution < 1.29 is 42.9 Å². The van der Waals surface area contributed by atoms with Crippen LogP contribution in [-0.4, -0.2) is 87.0 Å². The first kappa shape index (κ1) is 52.7. The maximum absolute atomic E-state index is 12.8. The second-order valence-corrected chi connectivity index (χ2v) is 17.5. The quantitative estimate of drug-likeness (QED) is 0.0558. The lowest BCUT2D eigenvalue weighted by molar-refractivity contribution is -0.139. The van der Waals surface area contributed by atoms with Crippen LogP contribution >= 0.6 is 58.2 Å². The van der Waals surface area contributed by atoms with Gasteiger partial charge in [-0.15, -0.1) is 34.0 Å². The molecule has 0 spiro atoms. The Labute approximate surface area is 404 Å². The van der Waals surface area contributed by atoms with Crippen LogP contribution in [0.25, 0.3) is 14.8 Å². The Bertz CT molecular complexity index is 2300. The van der Waals surface area contributed by atoms with Crippen LogP contribution in [0.4, 0.5) is 21.0 Å². The molecule has 12 nitrogen and oxygen atoms in total. The number of benzene rings is 2. The summed E-state index contributed by atoms with van der Waals surface area (Å²) in [4.78, 5) is 67.5. The van der Waals surface area contributed by atoms with Gasteiger partial charge in [-0.05, 0) is 92.0 Å². The van der Waals surface area contributed by atoms with Crippen molar-refractivity contribution in [3.63, 3.8) is 0 Å². The minimum absolute atomic E-state index is 0.174. The number of aldehydes is 1. The van der Waals surface area contributed by atoms with Crippen LogP contribution in [0.5, 0.6) is 0 Å². The summed E-state index contributed by atoms with van der Waals surface area (Å²) in [5.41, 5.74) is 4.97. The van der Waals surface area contributed by atoms with Crippen LogP contribution in [0.2, 0.25) is 0 Å². The SMILES string of the molecule is CCN(CC)CC.CCOC(=O)CS.CCOC(=O)c1cc2c(s1)-c1sccc1N(C(=O)OCc1ccccc1)CC2.O=CC1=C(Cl)c2sccc2N(C(=O)OCc2ccccc2)CC1. The molecule has 0 aliphatic carbocycles. The number of fused-ring (bicyclic) bond motifs is 4. The van der Waals surface area contributed by atoms with Crippen LogP contribution in [0.15, 0.2) is 95.2 Å². The molecule has 0 fully saturated rings. The lowest BCUT2D eigenvalue weighted by Gasteiger charge is -2.20. The number of esters is 2. The number of ether oxygens (including phenoxy) is 4. The van der Waals surface area contributed by atoms with Crippen LogP contribution in [-0.2, 0) is 48.2 Å². The van der Waals surface area contributed by atoms with E-state index in [9.17, 15) is 24.0 Å². The lowest BCUT2D eigenvalue weighted by atomic mass is 10.2. The zero-order chi connectivity index (χ0) is 47.1. The molecule has 65 heavy (non-hydrogen) atoms. The van der Waals surface area contributed by atoms with Crippen molar-refractivity contribution in [2.24, 2.45) is 0 Å². The fourth-order valence-corrected chi connectivity index (χ4v) is 9.92. The molecule has 5 aromatic rings. The van der Waals surface area contributed by atoms with Crippen LogP contribution in [0, 0.1) is 0 Å². The zero-order valence-corrected chi connectivity index (χ0v) is 41.4. The average molecular weight is 983 g/mol. The van der Waals surface area contributed by atoms with Gasteiger partial charge in [-0.25, -0.2) is 14.4 Å². The molecule has 348 valence electrons. The van der Waals surface area contributed by atoms with Crippen LogP contribution in [0.3, 0.4) is 0 Å². The van der Waals surface area contributed by atoms with Gasteiger partial charge < -0.3 is 23.8 Å². The Morgan fingerprint density at radius 3 is 1.66 bits per heavy atom. The van der Waals surface area contributed by atoms with Gasteiger partial charge in [0.1, 0.15) is 24.4 Å². The minimum Gasteiger partial charge on any atom is -0.465 e. The normalized spacial score (nSPS) is 12.5. The summed E-state index contributed by atoms with van der Waals surface area (Å²) in [6.07, 6.45) is 1.02. The van der Waals surface area contributed by atoms with Gasteiger partial charge in [-0.2, -0.15) is 12.6 Å². The summed E-state index contributed by atoms with van der Waals surface area (Å²) >= 11 is 14.3. The molecule has 0 saturated carbocycles. The van der Waals surface area contributed by atoms with Gasteiger partial charge >= 0.3 is 24.1 Å². The van der Waals surface area contributed by atoms with Crippen LogP contribution < -0.4 is 9.80 Å². The molecule has 2 amide bonds. The van der Waals surface area contributed by atoms with Crippen molar-refractivity contribution in [2.45, 2.75) is 60.7 Å². The number of carbonyl (C=O) groups excluding carboxylic acids is 5. The van der Waals surface area contributed by atoms with E-state index in [1.807, 2.05) is 89.6 Å². The van der Waals surface area contributed by atoms with E-state index < -0.39 is 6.09 Å². The van der Waals surface area contributed by atoms with E-state index in [1.54, 1.807) is 30.1 Å². The average Bonchev–Trinajstić information content (AvgIpc) is 4.09. The van der Waals surface area contributed by atoms with Crippen molar-refractivity contribution >= 4 is 105 Å². The van der Waals surface area contributed by atoms with E-state index in [1.165, 1.54) is 47.2 Å². The van der Waals surface area contributed by atoms with E-state index >= 15 is 0 Å². The topological polar surface area (TPSA) is 132 Å². The van der Waals surface area contributed by atoms with Gasteiger partial charge in [0.15, 0.2) is 0 Å². The van der Waals surface area contributed by atoms with E-state index in [4.69, 9.17) is 25.8 Å². The second-order valence-electron chi connectivity index (χ2n) is 13.9. The molecule has 5 heterocycles. The summed E-state index contributed by atoms with van der Waals surface area (Å²) in [6, 6.07) is 24.8. The first-order chi connectivity index (χ1) is 31.5. The largest absolute Gasteiger partial charge is 0.465 e. The predicted octanol–water partition coefficient (Wildman–Crippen LogP) is 11.6. The lowest BCUT2D eigenvalue weighted by Crippen LogP contribution is -2.32. The second kappa shape index (κ2) is 28.2. The number of hydrogen-bond acceptors (Lipinski definition) is 14. The van der Waals surface area contributed by atoms with Gasteiger partial charge in [0.2, 0.25) is 0 Å². The zero-order valence-electron chi connectivity index (χ0n) is 37.3. The molecule has 2 aromatic carbocycles. The van der Waals surface area contributed by atoms with Crippen molar-refractivity contribution in [1.29, 1.82) is 0 Å². The first-order valence-corrected chi connectivity index (χ1v) is 24.9. The summed E-state index contributed by atoms with van der Waals surface area (Å²) in [7, 11) is 0. The molecule has 0 bridgehead atoms. The standard InChI is InChI=1S/C21H19NO4S2.C17H14ClNO3S.C6H15N.C4H8O2S/c1-2-25-20(23)17-12-15-8-10-22(16-9-11-27-19(16)18(15)28-17)21(24)26-13-14-6-4-3-5-7-14;18-15-13(10-20)6-8-19(14-7-9-23-16(14)15)17(21)22-11-12-4-2-1-3-5-12;1-4-7(5-2)6-3;1-2-6-4(5)3-7/h3-7,9,11-12H,2,8,10,13H2,1H3;1-5,7,9-10H,6,8,11H2;4-6H2,1-3H3;7H,2-3H2,1H3. The molecule has 2 aliphatic heterocycles. The number of halogens is 1. The number of carbonyl (C=O) groups is 5. The number of thiol groups is 1. The fraction of sp³-hybridized carbons (Fsp3) is 0.354. The molecule has 0 radical (unpaired) electrons. The number of nitrogens with zero attached hydrogens (tertiary/aromatic N) is 3. The molecule has 3 aromatic heterocycles. The predicted molar refractivity (Wildman–Crippen MR) is 267 cm³/mol. The number of amides is 2. The van der Waals surface area contributed by atoms with Gasteiger partial charge in [-0.3, -0.25) is 19.4 Å². The van der Waals surface area contributed by atoms with E-state index in [0.717, 1.165) is 43.3 Å². The molecular weight excluding hydrogens is 926 g/mol. The summed E-state index contributed by atoms with van der Waals surface area (Å²) in [6.45, 7) is 15.8. The third-order valence-corrected chi connectivity index (χ3v) is 13.8. The Balaban J connectivity index is 0.000000223. The maximum atomic E-state index is 12.8. The van der Waals surface area contributed by atoms with Crippen LogP contribution in [0.1, 0.15) is 72.3 Å². The van der Waals surface area contributed by atoms with Gasteiger partial charge in [0.05, 0.1) is 50.0 Å². The highest BCUT2D eigenvalue weighted by Gasteiger charge is 2.30. The summed E-state index contributed by atoms with van der Waals surface area (Å²) < 4.78 is 20.5. The van der Waals surface area contributed by atoms with E-state index in [0.29, 0.717) is 60.3 Å². The minimum atomic E-state index is -0.440. The monoisotopic (exact) mass is 981 g/mol. The van der Waals surface area contributed by atoms with E-state index in [-0.39, 0.29) is 37.0 Å². The van der Waals surface area contributed by atoms with Crippen molar-refractivity contribution in [3.8, 4) is 9.75 Å². The molecule has 17 heteroatoms. The van der Waals surface area contributed by atoms with Crippen molar-refractivity contribution in [2.75, 3.05) is 61.5 Å². The molecule has 0 unspecified atom stereocenters. The van der Waals surface area contributed by atoms with Gasteiger partial charge in [-0.1, -0.05) is 93.0 Å². The molecule has 0 saturated heterocycles. The Hall–Kier alpha value is -4.97. The smallest absolute Gasteiger partial charge is 0.414 e. The Morgan fingerprint density at radius 1 is 0.692 bits per heavy atom. The molecule has 2 aliphatic rings. The highest BCUT2D eigenvalue weighted by Crippen LogP contribution is 2.45. The first-order valence-electron chi connectivity index (χ1n) is 21.3. The summed E-state index contributed by atoms with van der Waals surface area (Å²) in [5.74, 6) is -0.378. The fourth-order valence-electron chi connectivity index (χ4n) is 6.40. The van der Waals surface area contributed by atoms with Gasteiger partial charge in [0, 0.05) is 18.7 Å². The maximum Gasteiger partial charge on any atom is 0.414 e. The third kappa shape index (κ3) is 15.6. The number of rotatable bonds is 12. The van der Waals surface area contributed by atoms with Crippen molar-refractivity contribution in [1.82, 2.24) is 4.90 Å². The Morgan fingerprint density at radius 2 is 1.20 bits per heavy atom. The summed E-state index contributed by atoms with van der Waals surface area (Å²) in [5, 5.41) is 4.22. The van der Waals surface area contributed by atoms with Gasteiger partial charge in [0.25, 0.3) is 0 Å².